The number of amides is 2. The van der Waals surface area contributed by atoms with E-state index in [0.717, 1.165) is 18.5 Å². The Morgan fingerprint density at radius 3 is 2.62 bits per heavy atom. The first-order valence-corrected chi connectivity index (χ1v) is 9.12. The van der Waals surface area contributed by atoms with Crippen LogP contribution in [0.3, 0.4) is 0 Å². The van der Waals surface area contributed by atoms with Crippen LogP contribution in [0.25, 0.3) is 0 Å². The molecule has 29 heavy (non-hydrogen) atoms. The summed E-state index contributed by atoms with van der Waals surface area (Å²) >= 11 is 0. The second-order valence-corrected chi connectivity index (χ2v) is 6.98. The minimum atomic E-state index is -0.429. The number of carbonyl (C=O) groups excluding carboxylic acids is 2. The third kappa shape index (κ3) is 4.21. The fraction of sp³-hybridized carbons (Fsp3) is 0.263. The van der Waals surface area contributed by atoms with Gasteiger partial charge in [-0.25, -0.2) is 15.0 Å². The molecule has 10 heteroatoms. The molecule has 3 aromatic rings. The van der Waals surface area contributed by atoms with Crippen LogP contribution in [-0.4, -0.2) is 56.0 Å². The Balaban J connectivity index is 1.59. The summed E-state index contributed by atoms with van der Waals surface area (Å²) in [5.74, 6) is -0.0290. The van der Waals surface area contributed by atoms with Gasteiger partial charge in [-0.05, 0) is 25.0 Å². The maximum atomic E-state index is 12.9. The van der Waals surface area contributed by atoms with Gasteiger partial charge in [-0.3, -0.25) is 14.7 Å². The van der Waals surface area contributed by atoms with Gasteiger partial charge in [-0.1, -0.05) is 0 Å². The van der Waals surface area contributed by atoms with Crippen LogP contribution in [0.1, 0.15) is 45.4 Å². The molecule has 3 heterocycles. The zero-order valence-corrected chi connectivity index (χ0v) is 16.0. The number of nitrogens with one attached hydrogen (secondary N) is 3. The summed E-state index contributed by atoms with van der Waals surface area (Å²) in [5, 5.41) is 12.5. The molecule has 0 atom stereocenters. The van der Waals surface area contributed by atoms with Crippen molar-refractivity contribution in [3.63, 3.8) is 0 Å². The minimum absolute atomic E-state index is 0.238. The molecule has 3 N–H and O–H groups in total. The van der Waals surface area contributed by atoms with Crippen molar-refractivity contribution >= 4 is 29.0 Å². The summed E-state index contributed by atoms with van der Waals surface area (Å²) in [6.45, 7) is 0. The van der Waals surface area contributed by atoms with Crippen LogP contribution in [0.2, 0.25) is 0 Å². The van der Waals surface area contributed by atoms with E-state index in [1.165, 1.54) is 17.3 Å². The van der Waals surface area contributed by atoms with Gasteiger partial charge in [0.05, 0.1) is 23.8 Å². The molecule has 148 valence electrons. The summed E-state index contributed by atoms with van der Waals surface area (Å²) in [7, 11) is 3.28. The smallest absolute Gasteiger partial charge is 0.277 e. The number of hydrogen-bond acceptors (Lipinski definition) is 7. The molecule has 1 saturated carbocycles. The molecule has 4 rings (SSSR count). The van der Waals surface area contributed by atoms with E-state index in [9.17, 15) is 9.59 Å². The molecule has 10 nitrogen and oxygen atoms in total. The molecule has 0 bridgehead atoms. The Labute approximate surface area is 166 Å². The minimum Gasteiger partial charge on any atom is -0.351 e. The number of anilines is 3. The van der Waals surface area contributed by atoms with Crippen LogP contribution in [0, 0.1) is 0 Å². The van der Waals surface area contributed by atoms with E-state index in [1.807, 2.05) is 12.1 Å². The van der Waals surface area contributed by atoms with E-state index in [4.69, 9.17) is 0 Å². The second kappa shape index (κ2) is 7.66. The largest absolute Gasteiger partial charge is 0.351 e. The van der Waals surface area contributed by atoms with Gasteiger partial charge in [-0.15, -0.1) is 0 Å². The third-order valence-corrected chi connectivity index (χ3v) is 4.42. The highest BCUT2D eigenvalue weighted by atomic mass is 16.2. The van der Waals surface area contributed by atoms with E-state index in [-0.39, 0.29) is 23.1 Å². The molecule has 0 aromatic carbocycles. The van der Waals surface area contributed by atoms with Gasteiger partial charge in [0.2, 0.25) is 0 Å². The lowest BCUT2D eigenvalue weighted by Crippen LogP contribution is -2.21. The number of H-pyrrole nitrogens is 1. The summed E-state index contributed by atoms with van der Waals surface area (Å²) < 4.78 is 0. The molecule has 3 aromatic heterocycles. The SMILES string of the molecule is CN(C)C(=O)c1cc(NC(=O)c2nc(C3CC3)ccc2Nc2cncnc2)n[nH]1. The van der Waals surface area contributed by atoms with Gasteiger partial charge in [0.25, 0.3) is 11.8 Å². The molecule has 0 unspecified atom stereocenters. The van der Waals surface area contributed by atoms with Gasteiger partial charge >= 0.3 is 0 Å². The quantitative estimate of drug-likeness (QED) is 0.586. The maximum absolute atomic E-state index is 12.9. The van der Waals surface area contributed by atoms with Crippen molar-refractivity contribution in [1.82, 2.24) is 30.0 Å². The van der Waals surface area contributed by atoms with E-state index >= 15 is 0 Å². The lowest BCUT2D eigenvalue weighted by atomic mass is 10.2. The van der Waals surface area contributed by atoms with Crippen molar-refractivity contribution in [2.45, 2.75) is 18.8 Å². The molecule has 0 spiro atoms. The standard InChI is InChI=1S/C19H20N8O2/c1-27(2)19(29)15-7-16(26-25-15)24-18(28)17-14(22-12-8-20-10-21-9-12)6-5-13(23-17)11-3-4-11/h5-11,22H,3-4H2,1-2H3,(H2,24,25,26,28). The van der Waals surface area contributed by atoms with Crippen molar-refractivity contribution in [3.8, 4) is 0 Å². The monoisotopic (exact) mass is 392 g/mol. The van der Waals surface area contributed by atoms with E-state index in [2.05, 4.69) is 35.8 Å². The van der Waals surface area contributed by atoms with Crippen LogP contribution < -0.4 is 10.6 Å². The summed E-state index contributed by atoms with van der Waals surface area (Å²) in [6, 6.07) is 5.24. The molecule has 1 fully saturated rings. The highest BCUT2D eigenvalue weighted by Crippen LogP contribution is 2.39. The first-order chi connectivity index (χ1) is 14.0. The number of nitrogens with zero attached hydrogens (tertiary/aromatic N) is 5. The van der Waals surface area contributed by atoms with Crippen molar-refractivity contribution in [2.75, 3.05) is 24.7 Å². The van der Waals surface area contributed by atoms with Gasteiger partial charge in [-0.2, -0.15) is 5.10 Å². The Morgan fingerprint density at radius 2 is 1.93 bits per heavy atom. The summed E-state index contributed by atoms with van der Waals surface area (Å²) in [5.41, 5.74) is 2.57. The van der Waals surface area contributed by atoms with Gasteiger partial charge < -0.3 is 15.5 Å². The van der Waals surface area contributed by atoms with Crippen molar-refractivity contribution in [1.29, 1.82) is 0 Å². The van der Waals surface area contributed by atoms with E-state index in [1.54, 1.807) is 26.5 Å². The third-order valence-electron chi connectivity index (χ3n) is 4.42. The average molecular weight is 392 g/mol. The van der Waals surface area contributed by atoms with Gasteiger partial charge in [0.1, 0.15) is 12.0 Å². The Morgan fingerprint density at radius 1 is 1.17 bits per heavy atom. The Bertz CT molecular complexity index is 1040. The molecule has 0 saturated heterocycles. The van der Waals surface area contributed by atoms with Crippen molar-refractivity contribution < 1.29 is 9.59 Å². The number of aromatic amines is 1. The maximum Gasteiger partial charge on any atom is 0.277 e. The van der Waals surface area contributed by atoms with E-state index < -0.39 is 5.91 Å². The summed E-state index contributed by atoms with van der Waals surface area (Å²) in [4.78, 5) is 38.9. The number of carbonyl (C=O) groups is 2. The zero-order chi connectivity index (χ0) is 20.4. The fourth-order valence-corrected chi connectivity index (χ4v) is 2.79. The number of rotatable bonds is 6. The lowest BCUT2D eigenvalue weighted by Gasteiger charge is -2.12. The summed E-state index contributed by atoms with van der Waals surface area (Å²) in [6.07, 6.45) is 6.79. The zero-order valence-electron chi connectivity index (χ0n) is 16.0. The van der Waals surface area contributed by atoms with Crippen molar-refractivity contribution in [2.24, 2.45) is 0 Å². The fourth-order valence-electron chi connectivity index (χ4n) is 2.79. The van der Waals surface area contributed by atoms with Gasteiger partial charge in [0, 0.05) is 31.8 Å². The van der Waals surface area contributed by atoms with Crippen LogP contribution in [0.5, 0.6) is 0 Å². The van der Waals surface area contributed by atoms with Crippen molar-refractivity contribution in [3.05, 3.63) is 54.0 Å². The predicted octanol–water partition coefficient (Wildman–Crippen LogP) is 2.17. The average Bonchev–Trinajstić information content (AvgIpc) is 3.47. The molecule has 1 aliphatic carbocycles. The topological polar surface area (TPSA) is 129 Å². The normalized spacial score (nSPS) is 13.0. The molecule has 2 amide bonds. The molecule has 0 radical (unpaired) electrons. The lowest BCUT2D eigenvalue weighted by molar-refractivity contribution is 0.0821. The van der Waals surface area contributed by atoms with Crippen LogP contribution >= 0.6 is 0 Å². The molecular formula is C19H20N8O2. The second-order valence-electron chi connectivity index (χ2n) is 6.98. The first-order valence-electron chi connectivity index (χ1n) is 9.12. The van der Waals surface area contributed by atoms with Crippen LogP contribution in [0.4, 0.5) is 17.2 Å². The number of hydrogen-bond donors (Lipinski definition) is 3. The molecule has 0 aliphatic heterocycles. The van der Waals surface area contributed by atoms with Crippen LogP contribution in [-0.2, 0) is 0 Å². The first kappa shape index (κ1) is 18.5. The van der Waals surface area contributed by atoms with Gasteiger partial charge in [0.15, 0.2) is 11.5 Å². The van der Waals surface area contributed by atoms with E-state index in [0.29, 0.717) is 17.3 Å². The highest BCUT2D eigenvalue weighted by Gasteiger charge is 2.27. The highest BCUT2D eigenvalue weighted by molar-refractivity contribution is 6.07. The molecular weight excluding hydrogens is 372 g/mol. The Kier molecular flexibility index (Phi) is 4.90. The number of aromatic nitrogens is 5. The molecule has 1 aliphatic rings. The number of pyridine rings is 1. The Hall–Kier alpha value is -3.82. The van der Waals surface area contributed by atoms with Crippen LogP contribution in [0.15, 0.2) is 36.9 Å². The predicted molar refractivity (Wildman–Crippen MR) is 106 cm³/mol.